The van der Waals surface area contributed by atoms with E-state index in [0.29, 0.717) is 13.2 Å². The third-order valence-corrected chi connectivity index (χ3v) is 2.40. The zero-order valence-electron chi connectivity index (χ0n) is 10.4. The van der Waals surface area contributed by atoms with Crippen LogP contribution in [-0.4, -0.2) is 19.2 Å². The number of carbonyl (C=O) groups excluding carboxylic acids is 1. The highest BCUT2D eigenvalue weighted by Crippen LogP contribution is 2.11. The average Bonchev–Trinajstić information content (AvgIpc) is 2.32. The molecule has 0 radical (unpaired) electrons. The van der Waals surface area contributed by atoms with Gasteiger partial charge in [-0.15, -0.1) is 0 Å². The highest BCUT2D eigenvalue weighted by molar-refractivity contribution is 5.81. The van der Waals surface area contributed by atoms with E-state index in [0.717, 1.165) is 6.08 Å². The second-order valence-corrected chi connectivity index (χ2v) is 3.85. The Hall–Kier alpha value is -1.61. The van der Waals surface area contributed by atoms with E-state index in [1.54, 1.807) is 0 Å². The second-order valence-electron chi connectivity index (χ2n) is 3.85. The van der Waals surface area contributed by atoms with Crippen LogP contribution >= 0.6 is 0 Å². The maximum absolute atomic E-state index is 10.7. The molecule has 0 aliphatic carbocycles. The smallest absolute Gasteiger partial charge is 0.330 e. The normalized spacial score (nSPS) is 10.0. The van der Waals surface area contributed by atoms with Crippen LogP contribution in [0, 0.1) is 13.8 Å². The van der Waals surface area contributed by atoms with Gasteiger partial charge in [-0.2, -0.15) is 0 Å². The van der Waals surface area contributed by atoms with E-state index >= 15 is 0 Å². The van der Waals surface area contributed by atoms with Gasteiger partial charge >= 0.3 is 5.97 Å². The molecule has 1 aromatic carbocycles. The summed E-state index contributed by atoms with van der Waals surface area (Å²) in [7, 11) is 0. The van der Waals surface area contributed by atoms with E-state index in [1.165, 1.54) is 16.7 Å². The fraction of sp³-hybridized carbons (Fsp3) is 0.357. The van der Waals surface area contributed by atoms with Crippen molar-refractivity contribution in [2.45, 2.75) is 20.5 Å². The Labute approximate surface area is 102 Å². The molecule has 3 nitrogen and oxygen atoms in total. The van der Waals surface area contributed by atoms with Crippen molar-refractivity contribution in [1.82, 2.24) is 0 Å². The number of esters is 1. The predicted molar refractivity (Wildman–Crippen MR) is 66.7 cm³/mol. The molecule has 0 saturated heterocycles. The predicted octanol–water partition coefficient (Wildman–Crippen LogP) is 2.55. The fourth-order valence-corrected chi connectivity index (χ4v) is 1.40. The zero-order chi connectivity index (χ0) is 12.7. The van der Waals surface area contributed by atoms with Gasteiger partial charge in [-0.3, -0.25) is 0 Å². The molecule has 92 valence electrons. The number of ether oxygens (including phenoxy) is 2. The summed E-state index contributed by atoms with van der Waals surface area (Å²) in [6.45, 7) is 8.61. The van der Waals surface area contributed by atoms with Crippen LogP contribution in [0.4, 0.5) is 0 Å². The first-order chi connectivity index (χ1) is 8.13. The maximum atomic E-state index is 10.7. The van der Waals surface area contributed by atoms with E-state index in [1.807, 2.05) is 0 Å². The van der Waals surface area contributed by atoms with Gasteiger partial charge in [0.1, 0.15) is 6.61 Å². The Morgan fingerprint density at radius 3 is 2.82 bits per heavy atom. The molecule has 0 aliphatic rings. The first-order valence-corrected chi connectivity index (χ1v) is 5.56. The van der Waals surface area contributed by atoms with Gasteiger partial charge in [0.05, 0.1) is 13.2 Å². The summed E-state index contributed by atoms with van der Waals surface area (Å²) in [5.41, 5.74) is 3.59. The molecule has 17 heavy (non-hydrogen) atoms. The minimum absolute atomic E-state index is 0.260. The lowest BCUT2D eigenvalue weighted by atomic mass is 10.1. The molecule has 1 rings (SSSR count). The van der Waals surface area contributed by atoms with E-state index < -0.39 is 5.97 Å². The molecule has 0 heterocycles. The third-order valence-electron chi connectivity index (χ3n) is 2.40. The summed E-state index contributed by atoms with van der Waals surface area (Å²) < 4.78 is 10.2. The topological polar surface area (TPSA) is 35.5 Å². The number of rotatable bonds is 6. The lowest BCUT2D eigenvalue weighted by Crippen LogP contribution is -2.08. The Balaban J connectivity index is 2.28. The first-order valence-electron chi connectivity index (χ1n) is 5.56. The molecule has 0 N–H and O–H groups in total. The highest BCUT2D eigenvalue weighted by atomic mass is 16.6. The van der Waals surface area contributed by atoms with Crippen LogP contribution in [0.15, 0.2) is 30.9 Å². The molecular weight excluding hydrogens is 216 g/mol. The fourth-order valence-electron chi connectivity index (χ4n) is 1.40. The van der Waals surface area contributed by atoms with Crippen LogP contribution in [0.25, 0.3) is 0 Å². The van der Waals surface area contributed by atoms with Crippen molar-refractivity contribution in [2.24, 2.45) is 0 Å². The van der Waals surface area contributed by atoms with Crippen molar-refractivity contribution in [3.8, 4) is 0 Å². The summed E-state index contributed by atoms with van der Waals surface area (Å²) in [5.74, 6) is -0.416. The Morgan fingerprint density at radius 1 is 1.35 bits per heavy atom. The van der Waals surface area contributed by atoms with Gasteiger partial charge in [-0.05, 0) is 25.0 Å². The average molecular weight is 234 g/mol. The van der Waals surface area contributed by atoms with Gasteiger partial charge in [-0.1, -0.05) is 30.3 Å². The number of carbonyl (C=O) groups is 1. The van der Waals surface area contributed by atoms with Crippen LogP contribution in [0.1, 0.15) is 16.7 Å². The van der Waals surface area contributed by atoms with Crippen molar-refractivity contribution in [1.29, 1.82) is 0 Å². The first kappa shape index (κ1) is 13.5. The molecule has 0 spiro atoms. The number of hydrogen-bond donors (Lipinski definition) is 0. The monoisotopic (exact) mass is 234 g/mol. The van der Waals surface area contributed by atoms with Crippen LogP contribution in [-0.2, 0) is 20.9 Å². The second kappa shape index (κ2) is 6.86. The lowest BCUT2D eigenvalue weighted by molar-refractivity contribution is -0.139. The summed E-state index contributed by atoms with van der Waals surface area (Å²) in [6.07, 6.45) is 1.14. The van der Waals surface area contributed by atoms with Gasteiger partial charge in [0.2, 0.25) is 0 Å². The standard InChI is InChI=1S/C14H18O3/c1-4-14(15)17-8-7-16-10-13-9-11(2)5-6-12(13)3/h4-6,9H,1,7-8,10H2,2-3H3. The molecule has 0 unspecified atom stereocenters. The number of hydrogen-bond acceptors (Lipinski definition) is 3. The summed E-state index contributed by atoms with van der Waals surface area (Å²) in [6, 6.07) is 6.25. The number of benzene rings is 1. The SMILES string of the molecule is C=CC(=O)OCCOCc1cc(C)ccc1C. The molecule has 0 aliphatic heterocycles. The van der Waals surface area contributed by atoms with Crippen molar-refractivity contribution < 1.29 is 14.3 Å². The lowest BCUT2D eigenvalue weighted by Gasteiger charge is -2.08. The molecular formula is C14H18O3. The van der Waals surface area contributed by atoms with Crippen molar-refractivity contribution in [3.05, 3.63) is 47.5 Å². The molecule has 0 amide bonds. The quantitative estimate of drug-likeness (QED) is 0.431. The summed E-state index contributed by atoms with van der Waals surface area (Å²) >= 11 is 0. The van der Waals surface area contributed by atoms with E-state index in [2.05, 4.69) is 38.6 Å². The third kappa shape index (κ3) is 4.83. The van der Waals surface area contributed by atoms with E-state index in [4.69, 9.17) is 9.47 Å². The van der Waals surface area contributed by atoms with Crippen molar-refractivity contribution in [3.63, 3.8) is 0 Å². The van der Waals surface area contributed by atoms with Crippen molar-refractivity contribution >= 4 is 5.97 Å². The van der Waals surface area contributed by atoms with Gasteiger partial charge in [0.15, 0.2) is 0 Å². The highest BCUT2D eigenvalue weighted by Gasteiger charge is 2.00. The van der Waals surface area contributed by atoms with Crippen LogP contribution in [0.2, 0.25) is 0 Å². The molecule has 0 aromatic heterocycles. The summed E-state index contributed by atoms with van der Waals surface area (Å²) in [5, 5.41) is 0. The van der Waals surface area contributed by atoms with Crippen LogP contribution < -0.4 is 0 Å². The van der Waals surface area contributed by atoms with E-state index in [-0.39, 0.29) is 6.61 Å². The molecule has 0 fully saturated rings. The minimum atomic E-state index is -0.416. The molecule has 0 saturated carbocycles. The Bertz CT molecular complexity index is 396. The van der Waals surface area contributed by atoms with E-state index in [9.17, 15) is 4.79 Å². The largest absolute Gasteiger partial charge is 0.460 e. The number of aryl methyl sites for hydroxylation is 2. The van der Waals surface area contributed by atoms with Crippen LogP contribution in [0.5, 0.6) is 0 Å². The molecule has 1 aromatic rings. The van der Waals surface area contributed by atoms with Gasteiger partial charge < -0.3 is 9.47 Å². The molecule has 0 bridgehead atoms. The molecule has 0 atom stereocenters. The van der Waals surface area contributed by atoms with Gasteiger partial charge in [0.25, 0.3) is 0 Å². The van der Waals surface area contributed by atoms with Crippen LogP contribution in [0.3, 0.4) is 0 Å². The Kier molecular flexibility index (Phi) is 5.43. The van der Waals surface area contributed by atoms with Gasteiger partial charge in [-0.25, -0.2) is 4.79 Å². The van der Waals surface area contributed by atoms with Gasteiger partial charge in [0, 0.05) is 6.08 Å². The molecule has 3 heteroatoms. The minimum Gasteiger partial charge on any atom is -0.460 e. The Morgan fingerprint density at radius 2 is 2.12 bits per heavy atom. The van der Waals surface area contributed by atoms with Crippen molar-refractivity contribution in [2.75, 3.05) is 13.2 Å². The maximum Gasteiger partial charge on any atom is 0.330 e. The zero-order valence-corrected chi connectivity index (χ0v) is 10.4. The summed E-state index contributed by atoms with van der Waals surface area (Å²) in [4.78, 5) is 10.7.